The third-order valence-corrected chi connectivity index (χ3v) is 10.3. The van der Waals surface area contributed by atoms with Gasteiger partial charge in [-0.3, -0.25) is 4.79 Å². The summed E-state index contributed by atoms with van der Waals surface area (Å²) < 4.78 is 6.83. The molecule has 1 aliphatic rings. The zero-order valence-corrected chi connectivity index (χ0v) is 27.6. The number of oxazole rings is 1. The lowest BCUT2D eigenvalue weighted by molar-refractivity contribution is -0.0239. The molecule has 47 heavy (non-hydrogen) atoms. The molecule has 0 aliphatic heterocycles. The van der Waals surface area contributed by atoms with Crippen LogP contribution in [0.2, 0.25) is 0 Å². The smallest absolute Gasteiger partial charge is 0.305 e. The predicted molar refractivity (Wildman–Crippen MR) is 185 cm³/mol. The van der Waals surface area contributed by atoms with Crippen molar-refractivity contribution in [2.24, 2.45) is 5.92 Å². The Balaban J connectivity index is 0.969. The Labute approximate surface area is 278 Å². The molecule has 0 amide bonds. The lowest BCUT2D eigenvalue weighted by Gasteiger charge is -2.36. The number of aliphatic hydroxyl groups is 2. The van der Waals surface area contributed by atoms with Gasteiger partial charge in [-0.05, 0) is 55.6 Å². The highest BCUT2D eigenvalue weighted by Crippen LogP contribution is 2.43. The summed E-state index contributed by atoms with van der Waals surface area (Å²) in [5, 5.41) is 36.1. The maximum atomic E-state index is 12.1. The summed E-state index contributed by atoms with van der Waals surface area (Å²) in [4.78, 5) is 21.0. The minimum Gasteiger partial charge on any atom is -0.506 e. The molecule has 2 atom stereocenters. The molecule has 5 N–H and O–H groups in total. The lowest BCUT2D eigenvalue weighted by Crippen LogP contribution is -2.38. The van der Waals surface area contributed by atoms with Crippen molar-refractivity contribution in [2.45, 2.75) is 63.2 Å². The average molecular weight is 657 g/mol. The molecule has 248 valence electrons. The second-order valence-corrected chi connectivity index (χ2v) is 13.7. The molecule has 0 saturated heterocycles. The predicted octanol–water partition coefficient (Wildman–Crippen LogP) is 5.64. The van der Waals surface area contributed by atoms with E-state index in [1.807, 2.05) is 30.3 Å². The number of hydrogen-bond acceptors (Lipinski definition) is 9. The van der Waals surface area contributed by atoms with Gasteiger partial charge in [0.15, 0.2) is 5.60 Å². The van der Waals surface area contributed by atoms with Crippen LogP contribution >= 0.6 is 11.3 Å². The number of benzene rings is 3. The normalized spacial score (nSPS) is 16.1. The Morgan fingerprint density at radius 3 is 2.55 bits per heavy atom. The first-order valence-corrected chi connectivity index (χ1v) is 17.4. The maximum absolute atomic E-state index is 12.1. The molecule has 3 aromatic carbocycles. The summed E-state index contributed by atoms with van der Waals surface area (Å²) in [7, 11) is 2.09. The zero-order chi connectivity index (χ0) is 32.8. The molecule has 2 heterocycles. The van der Waals surface area contributed by atoms with Crippen molar-refractivity contribution in [3.8, 4) is 5.75 Å². The van der Waals surface area contributed by atoms with Crippen LogP contribution < -0.4 is 10.2 Å². The summed E-state index contributed by atoms with van der Waals surface area (Å²) in [6, 6.07) is 21.6. The number of fused-ring (bicyclic) bond motifs is 1. The van der Waals surface area contributed by atoms with Crippen molar-refractivity contribution in [1.82, 2.24) is 20.2 Å². The highest BCUT2D eigenvalue weighted by molar-refractivity contribution is 7.16. The van der Waals surface area contributed by atoms with Gasteiger partial charge in [0, 0.05) is 37.5 Å². The van der Waals surface area contributed by atoms with E-state index in [0.29, 0.717) is 41.2 Å². The van der Waals surface area contributed by atoms with Gasteiger partial charge >= 0.3 is 4.87 Å². The molecular weight excluding hydrogens is 612 g/mol. The second kappa shape index (κ2) is 15.0. The molecule has 0 spiro atoms. The molecule has 0 bridgehead atoms. The van der Waals surface area contributed by atoms with Gasteiger partial charge in [-0.25, -0.2) is 4.98 Å². The number of phenols is 1. The van der Waals surface area contributed by atoms with Crippen molar-refractivity contribution in [3.63, 3.8) is 0 Å². The first kappa shape index (κ1) is 33.1. The van der Waals surface area contributed by atoms with Gasteiger partial charge in [0.05, 0.1) is 17.0 Å². The van der Waals surface area contributed by atoms with E-state index in [0.717, 1.165) is 67.9 Å². The highest BCUT2D eigenvalue weighted by atomic mass is 32.1. The fraction of sp³-hybridized carbons (Fsp3) is 0.405. The van der Waals surface area contributed by atoms with Crippen LogP contribution in [0.5, 0.6) is 5.75 Å². The van der Waals surface area contributed by atoms with Crippen LogP contribution in [0.1, 0.15) is 72.1 Å². The van der Waals surface area contributed by atoms with Gasteiger partial charge in [-0.1, -0.05) is 91.3 Å². The number of hydrogen-bond donors (Lipinski definition) is 5. The Bertz CT molecular complexity index is 1800. The molecule has 6 rings (SSSR count). The quantitative estimate of drug-likeness (QED) is 0.0970. The lowest BCUT2D eigenvalue weighted by atomic mass is 9.73. The number of aliphatic hydroxyl groups excluding tert-OH is 1. The van der Waals surface area contributed by atoms with Crippen LogP contribution in [-0.2, 0) is 25.0 Å². The van der Waals surface area contributed by atoms with E-state index >= 15 is 0 Å². The molecule has 1 aliphatic carbocycles. The zero-order valence-electron chi connectivity index (χ0n) is 26.8. The molecule has 1 fully saturated rings. The van der Waals surface area contributed by atoms with E-state index in [9.17, 15) is 20.1 Å². The van der Waals surface area contributed by atoms with Crippen molar-refractivity contribution < 1.29 is 19.7 Å². The van der Waals surface area contributed by atoms with Gasteiger partial charge in [0.25, 0.3) is 0 Å². The largest absolute Gasteiger partial charge is 0.506 e. The van der Waals surface area contributed by atoms with Gasteiger partial charge in [-0.15, -0.1) is 0 Å². The Morgan fingerprint density at radius 1 is 1.04 bits per heavy atom. The summed E-state index contributed by atoms with van der Waals surface area (Å²) >= 11 is 0.991. The van der Waals surface area contributed by atoms with Crippen LogP contribution in [-0.4, -0.2) is 56.9 Å². The van der Waals surface area contributed by atoms with E-state index in [2.05, 4.69) is 51.5 Å². The summed E-state index contributed by atoms with van der Waals surface area (Å²) in [6.45, 7) is 2.63. The fourth-order valence-corrected chi connectivity index (χ4v) is 7.65. The monoisotopic (exact) mass is 656 g/mol. The standard InChI is InChI=1S/C37H44N4O5S/c1-41(21-19-29-22-39-35(46-29)37(45,27-8-4-2-5-9-27)28-10-6-3-7-11-28)24-26-14-12-25(13-15-26)18-20-38-23-32(43)30-16-17-31(42)33-34(30)47-36(44)40-33/h2,4-5,8-9,12-17,22,28,32,38,42-43,45H,3,6-7,10-11,18-21,23-24H2,1H3,(H,40,44)/t32-,37?/m0/s1. The van der Waals surface area contributed by atoms with Gasteiger partial charge in [0.1, 0.15) is 17.0 Å². The Hall–Kier alpha value is -3.80. The van der Waals surface area contributed by atoms with E-state index in [1.54, 1.807) is 12.3 Å². The van der Waals surface area contributed by atoms with Gasteiger partial charge in [-0.2, -0.15) is 0 Å². The molecule has 0 radical (unpaired) electrons. The average Bonchev–Trinajstić information content (AvgIpc) is 3.74. The van der Waals surface area contributed by atoms with Crippen molar-refractivity contribution in [3.05, 3.63) is 116 Å². The first-order chi connectivity index (χ1) is 22.8. The molecule has 2 aromatic heterocycles. The van der Waals surface area contributed by atoms with Crippen molar-refractivity contribution in [1.29, 1.82) is 0 Å². The molecule has 1 saturated carbocycles. The number of phenolic OH excluding ortho intramolecular Hbond substituents is 1. The maximum Gasteiger partial charge on any atom is 0.305 e. The summed E-state index contributed by atoms with van der Waals surface area (Å²) in [6.07, 6.45) is 7.88. The third-order valence-electron chi connectivity index (χ3n) is 9.38. The van der Waals surface area contributed by atoms with E-state index in [-0.39, 0.29) is 16.5 Å². The third kappa shape index (κ3) is 7.69. The summed E-state index contributed by atoms with van der Waals surface area (Å²) in [5.41, 5.74) is 3.05. The number of aromatic hydroxyl groups is 1. The minimum absolute atomic E-state index is 0.00289. The van der Waals surface area contributed by atoms with E-state index in [1.165, 1.54) is 23.6 Å². The topological polar surface area (TPSA) is 135 Å². The number of rotatable bonds is 14. The van der Waals surface area contributed by atoms with Crippen LogP contribution in [0, 0.1) is 5.92 Å². The number of aromatic nitrogens is 2. The van der Waals surface area contributed by atoms with Crippen LogP contribution in [0.3, 0.4) is 0 Å². The SMILES string of the molecule is CN(CCc1cnc(C(O)(c2ccccc2)C2CCCCC2)o1)Cc1ccc(CCNC[C@H](O)c2ccc(O)c3[nH]c(=O)sc23)cc1. The van der Waals surface area contributed by atoms with Gasteiger partial charge in [0.2, 0.25) is 5.89 Å². The second-order valence-electron chi connectivity index (χ2n) is 12.8. The molecule has 9 nitrogen and oxygen atoms in total. The molecule has 10 heteroatoms. The number of aromatic amines is 1. The number of H-pyrrole nitrogens is 1. The first-order valence-electron chi connectivity index (χ1n) is 16.5. The Morgan fingerprint density at radius 2 is 1.79 bits per heavy atom. The van der Waals surface area contributed by atoms with Crippen LogP contribution in [0.25, 0.3) is 10.2 Å². The minimum atomic E-state index is -1.21. The van der Waals surface area contributed by atoms with Crippen molar-refractivity contribution in [2.75, 3.05) is 26.7 Å². The summed E-state index contributed by atoms with van der Waals surface area (Å²) in [5.74, 6) is 1.28. The molecule has 1 unspecified atom stereocenters. The van der Waals surface area contributed by atoms with Crippen LogP contribution in [0.4, 0.5) is 0 Å². The van der Waals surface area contributed by atoms with E-state index in [4.69, 9.17) is 4.42 Å². The number of nitrogens with zero attached hydrogens (tertiary/aromatic N) is 2. The molecular formula is C37H44N4O5S. The van der Waals surface area contributed by atoms with Crippen molar-refractivity contribution >= 4 is 21.6 Å². The van der Waals surface area contributed by atoms with Crippen LogP contribution in [0.15, 0.2) is 82.1 Å². The number of nitrogens with one attached hydrogen (secondary N) is 2. The van der Waals surface area contributed by atoms with E-state index < -0.39 is 11.7 Å². The molecule has 5 aromatic rings. The van der Waals surface area contributed by atoms with Gasteiger partial charge < -0.3 is 34.9 Å². The highest BCUT2D eigenvalue weighted by Gasteiger charge is 2.44. The fourth-order valence-electron chi connectivity index (χ4n) is 6.73. The Kier molecular flexibility index (Phi) is 10.5. The number of thiazole rings is 1. The number of likely N-dealkylation sites (N-methyl/N-ethyl adjacent to an activating group) is 1.